The smallest absolute Gasteiger partial charge is 0.227 e. The van der Waals surface area contributed by atoms with E-state index in [1.54, 1.807) is 0 Å². The van der Waals surface area contributed by atoms with Crippen LogP contribution in [-0.4, -0.2) is 56.1 Å². The van der Waals surface area contributed by atoms with E-state index in [4.69, 9.17) is 0 Å². The van der Waals surface area contributed by atoms with Crippen molar-refractivity contribution in [2.24, 2.45) is 17.8 Å². The average Bonchev–Trinajstić information content (AvgIpc) is 2.95. The van der Waals surface area contributed by atoms with Crippen molar-refractivity contribution in [3.05, 3.63) is 0 Å². The number of hydrazine groups is 1. The molecule has 24 heavy (non-hydrogen) atoms. The van der Waals surface area contributed by atoms with Crippen LogP contribution in [0.4, 0.5) is 8.78 Å². The summed E-state index contributed by atoms with van der Waals surface area (Å²) in [7, 11) is 1.94. The zero-order valence-electron chi connectivity index (χ0n) is 14.4. The van der Waals surface area contributed by atoms with E-state index in [-0.39, 0.29) is 30.3 Å². The first-order valence-electron chi connectivity index (χ1n) is 9.26. The van der Waals surface area contributed by atoms with Crippen molar-refractivity contribution in [3.8, 4) is 0 Å². The van der Waals surface area contributed by atoms with Crippen LogP contribution in [0.3, 0.4) is 0 Å². The van der Waals surface area contributed by atoms with Crippen LogP contribution in [0.25, 0.3) is 0 Å². The molecular formula is C17H30F2N4O. The topological polar surface area (TPSA) is 56.4 Å². The van der Waals surface area contributed by atoms with Crippen LogP contribution < -0.4 is 16.1 Å². The highest BCUT2D eigenvalue weighted by Gasteiger charge is 2.32. The Morgan fingerprint density at radius 2 is 1.88 bits per heavy atom. The van der Waals surface area contributed by atoms with Crippen molar-refractivity contribution in [2.75, 3.05) is 26.7 Å². The number of halogens is 2. The molecule has 3 rings (SSSR count). The highest BCUT2D eigenvalue weighted by atomic mass is 19.1. The van der Waals surface area contributed by atoms with E-state index < -0.39 is 12.3 Å². The molecule has 2 saturated heterocycles. The maximum atomic E-state index is 13.5. The summed E-state index contributed by atoms with van der Waals surface area (Å²) < 4.78 is 27.0. The van der Waals surface area contributed by atoms with Gasteiger partial charge in [0.25, 0.3) is 0 Å². The molecule has 3 N–H and O–H groups in total. The van der Waals surface area contributed by atoms with Crippen LogP contribution in [-0.2, 0) is 4.79 Å². The molecular weight excluding hydrogens is 314 g/mol. The van der Waals surface area contributed by atoms with Crippen LogP contribution in [0.1, 0.15) is 38.5 Å². The van der Waals surface area contributed by atoms with Crippen molar-refractivity contribution >= 4 is 5.91 Å². The van der Waals surface area contributed by atoms with Crippen molar-refractivity contribution in [3.63, 3.8) is 0 Å². The third kappa shape index (κ3) is 4.86. The molecule has 3 fully saturated rings. The summed E-state index contributed by atoms with van der Waals surface area (Å²) >= 11 is 0. The summed E-state index contributed by atoms with van der Waals surface area (Å²) in [5.41, 5.74) is 3.14. The SMILES string of the molecule is CN1CC(C(=O)NC2CCC(CC3CC(F)CC(F)C3)CN2)CN1. The second-order valence-electron chi connectivity index (χ2n) is 7.86. The van der Waals surface area contributed by atoms with Gasteiger partial charge < -0.3 is 5.32 Å². The summed E-state index contributed by atoms with van der Waals surface area (Å²) in [5, 5.41) is 8.42. The number of nitrogens with one attached hydrogen (secondary N) is 3. The quantitative estimate of drug-likeness (QED) is 0.721. The Hall–Kier alpha value is -0.790. The molecule has 2 aliphatic heterocycles. The molecule has 2 heterocycles. The Bertz CT molecular complexity index is 421. The van der Waals surface area contributed by atoms with Gasteiger partial charge in [0.05, 0.1) is 12.1 Å². The van der Waals surface area contributed by atoms with Gasteiger partial charge in [0.15, 0.2) is 0 Å². The van der Waals surface area contributed by atoms with E-state index in [0.29, 0.717) is 25.3 Å². The van der Waals surface area contributed by atoms with Crippen LogP contribution >= 0.6 is 0 Å². The minimum absolute atomic E-state index is 0.000243. The number of nitrogens with zero attached hydrogens (tertiary/aromatic N) is 1. The van der Waals surface area contributed by atoms with Crippen LogP contribution in [0.2, 0.25) is 0 Å². The number of rotatable bonds is 4. The van der Waals surface area contributed by atoms with Crippen LogP contribution in [0.5, 0.6) is 0 Å². The molecule has 1 amide bonds. The monoisotopic (exact) mass is 344 g/mol. The minimum atomic E-state index is -0.972. The van der Waals surface area contributed by atoms with Gasteiger partial charge in [0.1, 0.15) is 12.3 Å². The van der Waals surface area contributed by atoms with Gasteiger partial charge in [-0.2, -0.15) is 0 Å². The van der Waals surface area contributed by atoms with Crippen molar-refractivity contribution in [1.29, 1.82) is 0 Å². The third-order valence-electron chi connectivity index (χ3n) is 5.66. The zero-order valence-corrected chi connectivity index (χ0v) is 14.4. The lowest BCUT2D eigenvalue weighted by molar-refractivity contribution is -0.125. The number of alkyl halides is 2. The molecule has 0 radical (unpaired) electrons. The molecule has 1 saturated carbocycles. The third-order valence-corrected chi connectivity index (χ3v) is 5.66. The summed E-state index contributed by atoms with van der Waals surface area (Å²) in [5.74, 6) is 0.720. The standard InChI is InChI=1S/C17H30F2N4O/c1-23-10-13(9-21-23)17(24)22-16-3-2-11(8-20-16)4-12-5-14(18)7-15(19)6-12/h11-16,20-21H,2-10H2,1H3,(H,22,24). The fraction of sp³-hybridized carbons (Fsp3) is 0.941. The molecule has 0 aromatic heterocycles. The molecule has 3 aliphatic rings. The number of amides is 1. The largest absolute Gasteiger partial charge is 0.340 e. The summed E-state index contributed by atoms with van der Waals surface area (Å²) in [6, 6.07) is 0. The Labute approximate surface area is 142 Å². The summed E-state index contributed by atoms with van der Waals surface area (Å²) in [6.45, 7) is 2.24. The zero-order chi connectivity index (χ0) is 17.1. The van der Waals surface area contributed by atoms with Gasteiger partial charge in [0, 0.05) is 26.6 Å². The van der Waals surface area contributed by atoms with Gasteiger partial charge in [-0.05, 0) is 50.5 Å². The van der Waals surface area contributed by atoms with E-state index in [1.807, 2.05) is 12.1 Å². The lowest BCUT2D eigenvalue weighted by Gasteiger charge is -2.35. The van der Waals surface area contributed by atoms with Gasteiger partial charge in [0.2, 0.25) is 5.91 Å². The molecule has 1 aliphatic carbocycles. The van der Waals surface area contributed by atoms with Gasteiger partial charge in [-0.15, -0.1) is 0 Å². The predicted octanol–water partition coefficient (Wildman–Crippen LogP) is 1.36. The summed E-state index contributed by atoms with van der Waals surface area (Å²) in [4.78, 5) is 12.2. The minimum Gasteiger partial charge on any atom is -0.340 e. The molecule has 5 atom stereocenters. The lowest BCUT2D eigenvalue weighted by Crippen LogP contribution is -2.52. The average molecular weight is 344 g/mol. The van der Waals surface area contributed by atoms with E-state index in [2.05, 4.69) is 16.1 Å². The Balaban J connectivity index is 1.37. The molecule has 0 bridgehead atoms. The van der Waals surface area contributed by atoms with E-state index in [9.17, 15) is 13.6 Å². The predicted molar refractivity (Wildman–Crippen MR) is 88.5 cm³/mol. The Kier molecular flexibility index (Phi) is 6.05. The maximum Gasteiger partial charge on any atom is 0.227 e. The lowest BCUT2D eigenvalue weighted by atomic mass is 9.79. The number of hydrogen-bond donors (Lipinski definition) is 3. The maximum absolute atomic E-state index is 13.5. The molecule has 5 unspecified atom stereocenters. The van der Waals surface area contributed by atoms with E-state index in [0.717, 1.165) is 32.4 Å². The Morgan fingerprint density at radius 1 is 1.12 bits per heavy atom. The van der Waals surface area contributed by atoms with Gasteiger partial charge in [-0.3, -0.25) is 15.5 Å². The number of carbonyl (C=O) groups excluding carboxylic acids is 1. The van der Waals surface area contributed by atoms with Crippen LogP contribution in [0.15, 0.2) is 0 Å². The first-order chi connectivity index (χ1) is 11.5. The second-order valence-corrected chi connectivity index (χ2v) is 7.86. The van der Waals surface area contributed by atoms with Crippen molar-refractivity contribution < 1.29 is 13.6 Å². The summed E-state index contributed by atoms with van der Waals surface area (Å²) in [6.07, 6.45) is 1.97. The Morgan fingerprint density at radius 3 is 2.46 bits per heavy atom. The van der Waals surface area contributed by atoms with Gasteiger partial charge in [-0.25, -0.2) is 13.8 Å². The molecule has 0 spiro atoms. The van der Waals surface area contributed by atoms with Crippen molar-refractivity contribution in [2.45, 2.75) is 57.0 Å². The highest BCUT2D eigenvalue weighted by molar-refractivity contribution is 5.79. The van der Waals surface area contributed by atoms with Gasteiger partial charge in [-0.1, -0.05) is 0 Å². The normalized spacial score (nSPS) is 41.3. The molecule has 138 valence electrons. The fourth-order valence-electron chi connectivity index (χ4n) is 4.38. The molecule has 7 heteroatoms. The number of piperidine rings is 1. The fourth-order valence-corrected chi connectivity index (χ4v) is 4.38. The first-order valence-corrected chi connectivity index (χ1v) is 9.26. The first kappa shape index (κ1) is 18.0. The number of hydrogen-bond acceptors (Lipinski definition) is 4. The van der Waals surface area contributed by atoms with E-state index in [1.165, 1.54) is 0 Å². The highest BCUT2D eigenvalue weighted by Crippen LogP contribution is 2.34. The molecule has 0 aromatic carbocycles. The van der Waals surface area contributed by atoms with Gasteiger partial charge >= 0.3 is 0 Å². The van der Waals surface area contributed by atoms with Crippen LogP contribution in [0, 0.1) is 17.8 Å². The number of carbonyl (C=O) groups is 1. The van der Waals surface area contributed by atoms with Crippen molar-refractivity contribution in [1.82, 2.24) is 21.1 Å². The van der Waals surface area contributed by atoms with E-state index >= 15 is 0 Å². The molecule has 5 nitrogen and oxygen atoms in total. The molecule has 0 aromatic rings. The second kappa shape index (κ2) is 8.06.